The third-order valence-corrected chi connectivity index (χ3v) is 6.07. The second-order valence-corrected chi connectivity index (χ2v) is 8.35. The minimum atomic E-state index is -0.489. The van der Waals surface area contributed by atoms with E-state index in [1.54, 1.807) is 6.92 Å². The van der Waals surface area contributed by atoms with Crippen molar-refractivity contribution in [2.45, 2.75) is 39.2 Å². The molecule has 158 valence electrons. The molecule has 5 nitrogen and oxygen atoms in total. The first-order valence-electron chi connectivity index (χ1n) is 10.9. The Morgan fingerprint density at radius 1 is 1.13 bits per heavy atom. The zero-order valence-corrected chi connectivity index (χ0v) is 17.9. The molecule has 3 aromatic rings. The van der Waals surface area contributed by atoms with Crippen LogP contribution in [0.2, 0.25) is 0 Å². The fourth-order valence-electron chi connectivity index (χ4n) is 4.68. The van der Waals surface area contributed by atoms with Crippen LogP contribution in [-0.2, 0) is 0 Å². The van der Waals surface area contributed by atoms with Crippen LogP contribution in [-0.4, -0.2) is 47.8 Å². The summed E-state index contributed by atoms with van der Waals surface area (Å²) in [6.07, 6.45) is 3.30. The number of carbonyl (C=O) groups is 1. The largest absolute Gasteiger partial charge is 0.491 e. The molecule has 0 amide bonds. The van der Waals surface area contributed by atoms with E-state index in [2.05, 4.69) is 4.57 Å². The molecule has 4 rings (SSSR count). The number of rotatable bonds is 7. The van der Waals surface area contributed by atoms with Crippen molar-refractivity contribution in [2.75, 3.05) is 26.2 Å². The summed E-state index contributed by atoms with van der Waals surface area (Å²) < 4.78 is 8.04. The second kappa shape index (κ2) is 9.02. The Bertz CT molecular complexity index is 1020. The smallest absolute Gasteiger partial charge is 0.162 e. The van der Waals surface area contributed by atoms with E-state index in [-0.39, 0.29) is 12.4 Å². The number of aliphatic hydroxyl groups excluding tert-OH is 1. The number of nitrogens with one attached hydrogen (secondary N) is 1. The monoisotopic (exact) mass is 407 g/mol. The van der Waals surface area contributed by atoms with Gasteiger partial charge in [-0.2, -0.15) is 0 Å². The van der Waals surface area contributed by atoms with Crippen LogP contribution in [0.4, 0.5) is 0 Å². The molecule has 0 saturated carbocycles. The maximum absolute atomic E-state index is 12.4. The topological polar surface area (TPSA) is 55.9 Å². The van der Waals surface area contributed by atoms with Gasteiger partial charge >= 0.3 is 0 Å². The molecule has 1 fully saturated rings. The standard InChI is InChI=1S/C25H30N2O3/c1-18-25(19(2)28)23-15-22(30-17-21(29)16-26-13-7-4-8-14-26)11-12-24(23)27(18)20-9-5-3-6-10-20/h3,5-6,9-12,15,21,29H,4,7-8,13-14,16-17H2,1-2H3/p+1/t21-/m1/s1. The first kappa shape index (κ1) is 20.6. The zero-order valence-electron chi connectivity index (χ0n) is 17.9. The SMILES string of the molecule is CC(=O)c1c(C)n(-c2ccccc2)c2ccc(OC[C@H](O)C[NH+]3CCCCC3)cc12. The molecule has 1 aliphatic heterocycles. The number of aromatic nitrogens is 1. The summed E-state index contributed by atoms with van der Waals surface area (Å²) in [5.41, 5.74) is 3.66. The average molecular weight is 408 g/mol. The van der Waals surface area contributed by atoms with Crippen molar-refractivity contribution in [1.82, 2.24) is 4.57 Å². The normalized spacial score (nSPS) is 16.0. The molecule has 1 aromatic heterocycles. The fraction of sp³-hybridized carbons (Fsp3) is 0.400. The summed E-state index contributed by atoms with van der Waals surface area (Å²) in [6, 6.07) is 15.9. The minimum absolute atomic E-state index is 0.0399. The molecule has 1 saturated heterocycles. The van der Waals surface area contributed by atoms with E-state index < -0.39 is 6.10 Å². The van der Waals surface area contributed by atoms with Gasteiger partial charge in [-0.25, -0.2) is 0 Å². The van der Waals surface area contributed by atoms with Crippen LogP contribution in [0.15, 0.2) is 48.5 Å². The van der Waals surface area contributed by atoms with Gasteiger partial charge in [0, 0.05) is 22.3 Å². The number of likely N-dealkylation sites (tertiary alicyclic amines) is 1. The Kier molecular flexibility index (Phi) is 6.21. The molecule has 30 heavy (non-hydrogen) atoms. The Morgan fingerprint density at radius 2 is 1.87 bits per heavy atom. The van der Waals surface area contributed by atoms with E-state index in [0.717, 1.165) is 47.5 Å². The number of hydrogen-bond donors (Lipinski definition) is 2. The summed E-state index contributed by atoms with van der Waals surface area (Å²) in [5.74, 6) is 0.723. The lowest BCUT2D eigenvalue weighted by Gasteiger charge is -2.25. The van der Waals surface area contributed by atoms with Gasteiger partial charge in [-0.3, -0.25) is 4.79 Å². The van der Waals surface area contributed by atoms with Crippen LogP contribution >= 0.6 is 0 Å². The van der Waals surface area contributed by atoms with E-state index in [1.807, 2.05) is 55.5 Å². The van der Waals surface area contributed by atoms with Crippen molar-refractivity contribution in [1.29, 1.82) is 0 Å². The Labute approximate surface area is 177 Å². The van der Waals surface area contributed by atoms with Crippen molar-refractivity contribution in [2.24, 2.45) is 0 Å². The van der Waals surface area contributed by atoms with Crippen LogP contribution < -0.4 is 9.64 Å². The number of nitrogens with zero attached hydrogens (tertiary/aromatic N) is 1. The van der Waals surface area contributed by atoms with Gasteiger partial charge in [0.05, 0.1) is 18.6 Å². The van der Waals surface area contributed by atoms with Gasteiger partial charge in [-0.15, -0.1) is 0 Å². The van der Waals surface area contributed by atoms with E-state index in [1.165, 1.54) is 24.2 Å². The zero-order chi connectivity index (χ0) is 21.1. The predicted molar refractivity (Wildman–Crippen MR) is 119 cm³/mol. The van der Waals surface area contributed by atoms with E-state index in [4.69, 9.17) is 4.74 Å². The molecule has 0 unspecified atom stereocenters. The van der Waals surface area contributed by atoms with Crippen molar-refractivity contribution < 1.29 is 19.5 Å². The lowest BCUT2D eigenvalue weighted by atomic mass is 10.1. The van der Waals surface area contributed by atoms with Crippen LogP contribution in [0.1, 0.15) is 42.2 Å². The van der Waals surface area contributed by atoms with Crippen LogP contribution in [0.5, 0.6) is 5.75 Å². The van der Waals surface area contributed by atoms with Crippen molar-refractivity contribution in [3.05, 3.63) is 59.8 Å². The van der Waals surface area contributed by atoms with Crippen molar-refractivity contribution in [3.63, 3.8) is 0 Å². The van der Waals surface area contributed by atoms with Gasteiger partial charge in [-0.1, -0.05) is 18.2 Å². The molecule has 1 atom stereocenters. The minimum Gasteiger partial charge on any atom is -0.491 e. The Morgan fingerprint density at radius 3 is 2.57 bits per heavy atom. The third-order valence-electron chi connectivity index (χ3n) is 6.07. The first-order valence-corrected chi connectivity index (χ1v) is 10.9. The molecule has 2 N–H and O–H groups in total. The molecule has 0 bridgehead atoms. The number of ketones is 1. The van der Waals surface area contributed by atoms with E-state index in [0.29, 0.717) is 5.75 Å². The number of Topliss-reactive ketones (excluding diaryl/α,β-unsaturated/α-hetero) is 1. The molecule has 1 aliphatic rings. The first-order chi connectivity index (χ1) is 14.5. The molecule has 2 aromatic carbocycles. The third kappa shape index (κ3) is 4.27. The summed E-state index contributed by atoms with van der Waals surface area (Å²) in [5, 5.41) is 11.3. The highest BCUT2D eigenvalue weighted by Crippen LogP contribution is 2.32. The highest BCUT2D eigenvalue weighted by molar-refractivity contribution is 6.09. The lowest BCUT2D eigenvalue weighted by Crippen LogP contribution is -3.14. The molecular weight excluding hydrogens is 376 g/mol. The molecular formula is C25H31N2O3+. The number of ether oxygens (including phenoxy) is 1. The molecule has 0 spiro atoms. The fourth-order valence-corrected chi connectivity index (χ4v) is 4.68. The average Bonchev–Trinajstić information content (AvgIpc) is 3.04. The summed E-state index contributed by atoms with van der Waals surface area (Å²) in [4.78, 5) is 13.9. The van der Waals surface area contributed by atoms with Gasteiger partial charge in [0.25, 0.3) is 0 Å². The number of benzene rings is 2. The number of para-hydroxylation sites is 1. The van der Waals surface area contributed by atoms with Crippen LogP contribution in [0.25, 0.3) is 16.6 Å². The predicted octanol–water partition coefficient (Wildman–Crippen LogP) is 2.95. The molecule has 0 aliphatic carbocycles. The van der Waals surface area contributed by atoms with Crippen molar-refractivity contribution >= 4 is 16.7 Å². The Balaban J connectivity index is 1.57. The number of aliphatic hydroxyl groups is 1. The van der Waals surface area contributed by atoms with Gasteiger partial charge in [-0.05, 0) is 63.4 Å². The van der Waals surface area contributed by atoms with Gasteiger partial charge in [0.1, 0.15) is 25.0 Å². The summed E-state index contributed by atoms with van der Waals surface area (Å²) in [6.45, 7) is 6.85. The van der Waals surface area contributed by atoms with Gasteiger partial charge in [0.2, 0.25) is 0 Å². The maximum Gasteiger partial charge on any atom is 0.162 e. The Hall–Kier alpha value is -2.63. The number of quaternary nitrogens is 1. The molecule has 0 radical (unpaired) electrons. The number of carbonyl (C=O) groups excluding carboxylic acids is 1. The summed E-state index contributed by atoms with van der Waals surface area (Å²) in [7, 11) is 0. The lowest BCUT2D eigenvalue weighted by molar-refractivity contribution is -0.908. The maximum atomic E-state index is 12.4. The van der Waals surface area contributed by atoms with Crippen LogP contribution in [0, 0.1) is 6.92 Å². The number of fused-ring (bicyclic) bond motifs is 1. The number of hydrogen-bond acceptors (Lipinski definition) is 3. The van der Waals surface area contributed by atoms with Gasteiger partial charge < -0.3 is 19.3 Å². The number of piperidine rings is 1. The molecule has 5 heteroatoms. The second-order valence-electron chi connectivity index (χ2n) is 8.35. The van der Waals surface area contributed by atoms with Crippen LogP contribution in [0.3, 0.4) is 0 Å². The quantitative estimate of drug-likeness (QED) is 0.592. The van der Waals surface area contributed by atoms with Crippen molar-refractivity contribution in [3.8, 4) is 11.4 Å². The van der Waals surface area contributed by atoms with Gasteiger partial charge in [0.15, 0.2) is 5.78 Å². The highest BCUT2D eigenvalue weighted by Gasteiger charge is 2.20. The van der Waals surface area contributed by atoms with E-state index in [9.17, 15) is 9.90 Å². The summed E-state index contributed by atoms with van der Waals surface area (Å²) >= 11 is 0. The highest BCUT2D eigenvalue weighted by atomic mass is 16.5. The van der Waals surface area contributed by atoms with E-state index >= 15 is 0 Å². The molecule has 2 heterocycles.